The number of nitriles is 1. The number of hydrogen-bond acceptors (Lipinski definition) is 2. The fourth-order valence-corrected chi connectivity index (χ4v) is 1.22. The minimum absolute atomic E-state index is 0.579. The van der Waals surface area contributed by atoms with Crippen molar-refractivity contribution in [2.24, 2.45) is 0 Å². The number of anilines is 1. The van der Waals surface area contributed by atoms with Crippen LogP contribution in [0, 0.1) is 30.1 Å². The van der Waals surface area contributed by atoms with Gasteiger partial charge in [0, 0.05) is 0 Å². The molecule has 2 heteroatoms. The number of para-hydroxylation sites is 1. The third kappa shape index (κ3) is 2.28. The Hall–Kier alpha value is -1.93. The van der Waals surface area contributed by atoms with Gasteiger partial charge in [-0.3, -0.25) is 0 Å². The van der Waals surface area contributed by atoms with Gasteiger partial charge in [-0.25, -0.2) is 0 Å². The van der Waals surface area contributed by atoms with Crippen LogP contribution in [0.25, 0.3) is 0 Å². The van der Waals surface area contributed by atoms with Gasteiger partial charge < -0.3 is 5.32 Å². The number of hydrogen-bond donors (Lipinski definition) is 1. The van der Waals surface area contributed by atoms with Crippen molar-refractivity contribution >= 4 is 5.69 Å². The molecule has 0 atom stereocenters. The number of rotatable bonds is 2. The lowest BCUT2D eigenvalue weighted by Gasteiger charge is -2.07. The Morgan fingerprint density at radius 2 is 2.21 bits per heavy atom. The van der Waals surface area contributed by atoms with Gasteiger partial charge in [0.05, 0.1) is 17.8 Å². The summed E-state index contributed by atoms with van der Waals surface area (Å²) in [6, 6.07) is 7.81. The van der Waals surface area contributed by atoms with Gasteiger partial charge in [-0.15, -0.1) is 5.92 Å². The van der Waals surface area contributed by atoms with Gasteiger partial charge in [0.2, 0.25) is 0 Å². The summed E-state index contributed by atoms with van der Waals surface area (Å²) in [7, 11) is 0. The summed E-state index contributed by atoms with van der Waals surface area (Å²) < 4.78 is 0. The third-order valence-electron chi connectivity index (χ3n) is 1.92. The first-order valence-corrected chi connectivity index (χ1v) is 4.42. The van der Waals surface area contributed by atoms with Crippen molar-refractivity contribution in [3.63, 3.8) is 0 Å². The molecule has 0 radical (unpaired) electrons. The van der Waals surface area contributed by atoms with E-state index in [1.54, 1.807) is 13.0 Å². The second kappa shape index (κ2) is 4.94. The quantitative estimate of drug-likeness (QED) is 0.716. The third-order valence-corrected chi connectivity index (χ3v) is 1.92. The number of benzene rings is 1. The van der Waals surface area contributed by atoms with E-state index in [-0.39, 0.29) is 0 Å². The van der Waals surface area contributed by atoms with Gasteiger partial charge in [0.25, 0.3) is 0 Å². The molecular formula is C12H12N2. The summed E-state index contributed by atoms with van der Waals surface area (Å²) in [5, 5.41) is 12.0. The second-order valence-electron chi connectivity index (χ2n) is 2.89. The summed E-state index contributed by atoms with van der Waals surface area (Å²) in [5.41, 5.74) is 2.63. The molecule has 0 saturated heterocycles. The van der Waals surface area contributed by atoms with Gasteiger partial charge in [0.15, 0.2) is 0 Å². The highest BCUT2D eigenvalue weighted by Crippen LogP contribution is 2.18. The zero-order valence-corrected chi connectivity index (χ0v) is 8.39. The van der Waals surface area contributed by atoms with Crippen LogP contribution in [0.2, 0.25) is 0 Å². The van der Waals surface area contributed by atoms with Gasteiger partial charge >= 0.3 is 0 Å². The van der Waals surface area contributed by atoms with Crippen molar-refractivity contribution in [1.29, 1.82) is 5.26 Å². The first-order chi connectivity index (χ1) is 6.79. The minimum Gasteiger partial charge on any atom is -0.373 e. The Morgan fingerprint density at radius 3 is 2.86 bits per heavy atom. The Labute approximate surface area is 84.6 Å². The van der Waals surface area contributed by atoms with Crippen LogP contribution >= 0.6 is 0 Å². The Balaban J connectivity index is 2.92. The van der Waals surface area contributed by atoms with E-state index in [1.165, 1.54) is 0 Å². The molecule has 2 nitrogen and oxygen atoms in total. The fourth-order valence-electron chi connectivity index (χ4n) is 1.22. The Bertz CT molecular complexity index is 416. The lowest BCUT2D eigenvalue weighted by molar-refractivity contribution is 1.31. The van der Waals surface area contributed by atoms with Gasteiger partial charge in [-0.1, -0.05) is 18.1 Å². The summed E-state index contributed by atoms with van der Waals surface area (Å²) in [6.45, 7) is 4.35. The van der Waals surface area contributed by atoms with Crippen LogP contribution in [-0.2, 0) is 0 Å². The molecule has 0 aliphatic heterocycles. The molecule has 0 bridgehead atoms. The van der Waals surface area contributed by atoms with Crippen LogP contribution in [0.1, 0.15) is 18.1 Å². The average Bonchev–Trinajstić information content (AvgIpc) is 2.20. The van der Waals surface area contributed by atoms with Crippen molar-refractivity contribution in [3.8, 4) is 17.9 Å². The number of aryl methyl sites for hydroxylation is 1. The molecule has 70 valence electrons. The zero-order chi connectivity index (χ0) is 10.4. The maximum absolute atomic E-state index is 8.87. The van der Waals surface area contributed by atoms with Crippen molar-refractivity contribution in [2.75, 3.05) is 11.9 Å². The highest BCUT2D eigenvalue weighted by molar-refractivity contribution is 5.62. The van der Waals surface area contributed by atoms with E-state index in [1.807, 2.05) is 19.1 Å². The maximum Gasteiger partial charge on any atom is 0.101 e. The molecule has 0 amide bonds. The number of nitrogens with zero attached hydrogens (tertiary/aromatic N) is 1. The summed E-state index contributed by atoms with van der Waals surface area (Å²) in [6.07, 6.45) is 0. The van der Waals surface area contributed by atoms with E-state index in [4.69, 9.17) is 5.26 Å². The average molecular weight is 184 g/mol. The van der Waals surface area contributed by atoms with Crippen molar-refractivity contribution < 1.29 is 0 Å². The topological polar surface area (TPSA) is 35.8 Å². The van der Waals surface area contributed by atoms with E-state index in [0.717, 1.165) is 11.3 Å². The molecule has 14 heavy (non-hydrogen) atoms. The normalized spacial score (nSPS) is 8.36. The van der Waals surface area contributed by atoms with Gasteiger partial charge in [0.1, 0.15) is 6.07 Å². The van der Waals surface area contributed by atoms with Crippen LogP contribution in [-0.4, -0.2) is 6.54 Å². The predicted molar refractivity (Wildman–Crippen MR) is 57.8 cm³/mol. The first-order valence-electron chi connectivity index (χ1n) is 4.42. The fraction of sp³-hybridized carbons (Fsp3) is 0.250. The largest absolute Gasteiger partial charge is 0.373 e. The van der Waals surface area contributed by atoms with Gasteiger partial charge in [-0.2, -0.15) is 5.26 Å². The zero-order valence-electron chi connectivity index (χ0n) is 8.39. The molecule has 0 aliphatic carbocycles. The molecule has 0 unspecified atom stereocenters. The van der Waals surface area contributed by atoms with Crippen LogP contribution < -0.4 is 5.32 Å². The van der Waals surface area contributed by atoms with Crippen LogP contribution in [0.15, 0.2) is 18.2 Å². The van der Waals surface area contributed by atoms with E-state index in [0.29, 0.717) is 12.1 Å². The lowest BCUT2D eigenvalue weighted by atomic mass is 10.1. The maximum atomic E-state index is 8.87. The van der Waals surface area contributed by atoms with Crippen LogP contribution in [0.4, 0.5) is 5.69 Å². The monoisotopic (exact) mass is 184 g/mol. The van der Waals surface area contributed by atoms with Crippen molar-refractivity contribution in [1.82, 2.24) is 0 Å². The standard InChI is InChI=1S/C12H12N2/c1-3-4-8-14-12-10(2)6-5-7-11(12)9-13/h5-7,14H,8H2,1-2H3. The van der Waals surface area contributed by atoms with E-state index < -0.39 is 0 Å². The van der Waals surface area contributed by atoms with Crippen LogP contribution in [0.5, 0.6) is 0 Å². The van der Waals surface area contributed by atoms with Crippen LogP contribution in [0.3, 0.4) is 0 Å². The van der Waals surface area contributed by atoms with E-state index >= 15 is 0 Å². The molecule has 0 heterocycles. The Kier molecular flexibility index (Phi) is 3.58. The molecule has 1 N–H and O–H groups in total. The molecule has 0 saturated carbocycles. The van der Waals surface area contributed by atoms with E-state index in [2.05, 4.69) is 23.2 Å². The van der Waals surface area contributed by atoms with Crippen molar-refractivity contribution in [3.05, 3.63) is 29.3 Å². The van der Waals surface area contributed by atoms with Crippen molar-refractivity contribution in [2.45, 2.75) is 13.8 Å². The summed E-state index contributed by atoms with van der Waals surface area (Å²) in [4.78, 5) is 0. The predicted octanol–water partition coefficient (Wildman–Crippen LogP) is 2.30. The first kappa shape index (κ1) is 10.2. The molecule has 1 rings (SSSR count). The SMILES string of the molecule is CC#CCNc1c(C)cccc1C#N. The molecule has 0 aromatic heterocycles. The molecule has 1 aromatic rings. The smallest absolute Gasteiger partial charge is 0.101 e. The summed E-state index contributed by atoms with van der Waals surface area (Å²) in [5.74, 6) is 5.70. The highest BCUT2D eigenvalue weighted by Gasteiger charge is 2.02. The highest BCUT2D eigenvalue weighted by atomic mass is 14.9. The summed E-state index contributed by atoms with van der Waals surface area (Å²) >= 11 is 0. The second-order valence-corrected chi connectivity index (χ2v) is 2.89. The molecule has 1 aromatic carbocycles. The molecular weight excluding hydrogens is 172 g/mol. The molecule has 0 fully saturated rings. The Morgan fingerprint density at radius 1 is 1.43 bits per heavy atom. The lowest BCUT2D eigenvalue weighted by Crippen LogP contribution is -2.02. The minimum atomic E-state index is 0.579. The van der Waals surface area contributed by atoms with E-state index in [9.17, 15) is 0 Å². The molecule has 0 spiro atoms. The number of nitrogens with one attached hydrogen (secondary N) is 1. The molecule has 0 aliphatic rings. The van der Waals surface area contributed by atoms with Gasteiger partial charge in [-0.05, 0) is 25.5 Å².